The maximum absolute atomic E-state index is 11.1. The van der Waals surface area contributed by atoms with E-state index in [4.69, 9.17) is 5.11 Å². The van der Waals surface area contributed by atoms with Gasteiger partial charge in [-0.05, 0) is 25.6 Å². The summed E-state index contributed by atoms with van der Waals surface area (Å²) in [5.74, 6) is 0.0955. The molecule has 0 aromatic heterocycles. The molecule has 0 aliphatic carbocycles. The average Bonchev–Trinajstić information content (AvgIpc) is 2.01. The number of carboxylic acids is 1. The lowest BCUT2D eigenvalue weighted by Crippen LogP contribution is -2.49. The van der Waals surface area contributed by atoms with Gasteiger partial charge in [0.25, 0.3) is 0 Å². The first-order valence-corrected chi connectivity index (χ1v) is 6.32. The minimum Gasteiger partial charge on any atom is -0.480 e. The third-order valence-corrected chi connectivity index (χ3v) is 3.45. The minimum absolute atomic E-state index is 0.200. The predicted octanol–water partition coefficient (Wildman–Crippen LogP) is 2.36. The van der Waals surface area contributed by atoms with Gasteiger partial charge in [-0.1, -0.05) is 27.7 Å². The lowest BCUT2D eigenvalue weighted by Gasteiger charge is -2.27. The first-order chi connectivity index (χ1) is 6.71. The van der Waals surface area contributed by atoms with Crippen molar-refractivity contribution in [2.45, 2.75) is 51.3 Å². The smallest absolute Gasteiger partial charge is 0.323 e. The standard InChI is InChI=1S/C11H23NO2S/c1-6-12-11(5,9(13)14)7-8-15-10(2,3)4/h12H,6-8H2,1-5H3,(H,13,14). The van der Waals surface area contributed by atoms with Gasteiger partial charge in [0.05, 0.1) is 0 Å². The molecule has 0 saturated heterocycles. The highest BCUT2D eigenvalue weighted by Gasteiger charge is 2.31. The normalized spacial score (nSPS) is 16.1. The van der Waals surface area contributed by atoms with E-state index in [9.17, 15) is 4.79 Å². The van der Waals surface area contributed by atoms with Crippen LogP contribution in [0.25, 0.3) is 0 Å². The molecule has 0 heterocycles. The molecule has 0 radical (unpaired) electrons. The summed E-state index contributed by atoms with van der Waals surface area (Å²) in [5, 5.41) is 12.2. The fourth-order valence-corrected chi connectivity index (χ4v) is 2.35. The summed E-state index contributed by atoms with van der Waals surface area (Å²) in [5.41, 5.74) is -0.785. The molecule has 1 atom stereocenters. The van der Waals surface area contributed by atoms with E-state index in [0.29, 0.717) is 13.0 Å². The summed E-state index contributed by atoms with van der Waals surface area (Å²) in [6.07, 6.45) is 0.651. The molecule has 0 aliphatic rings. The van der Waals surface area contributed by atoms with E-state index in [1.165, 1.54) is 0 Å². The molecule has 1 unspecified atom stereocenters. The van der Waals surface area contributed by atoms with Gasteiger partial charge in [0.2, 0.25) is 0 Å². The Labute approximate surface area is 97.0 Å². The van der Waals surface area contributed by atoms with Crippen molar-refractivity contribution in [3.63, 3.8) is 0 Å². The highest BCUT2D eigenvalue weighted by Crippen LogP contribution is 2.26. The summed E-state index contributed by atoms with van der Waals surface area (Å²) >= 11 is 1.80. The van der Waals surface area contributed by atoms with Crippen LogP contribution in [-0.2, 0) is 4.79 Å². The van der Waals surface area contributed by atoms with E-state index in [-0.39, 0.29) is 4.75 Å². The third-order valence-electron chi connectivity index (χ3n) is 2.18. The molecule has 0 aliphatic heterocycles. The fourth-order valence-electron chi connectivity index (χ4n) is 1.22. The Morgan fingerprint density at radius 1 is 1.33 bits per heavy atom. The number of likely N-dealkylation sites (N-methyl/N-ethyl adjacent to an activating group) is 1. The minimum atomic E-state index is -0.785. The maximum atomic E-state index is 11.1. The molecule has 0 rings (SSSR count). The number of hydrogen-bond acceptors (Lipinski definition) is 3. The van der Waals surface area contributed by atoms with Crippen LogP contribution in [0.2, 0.25) is 0 Å². The van der Waals surface area contributed by atoms with Crippen molar-refractivity contribution in [3.8, 4) is 0 Å². The zero-order valence-corrected chi connectivity index (χ0v) is 11.2. The fraction of sp³-hybridized carbons (Fsp3) is 0.909. The van der Waals surface area contributed by atoms with Crippen LogP contribution in [0.5, 0.6) is 0 Å². The monoisotopic (exact) mass is 233 g/mol. The number of carboxylic acid groups (broad SMARTS) is 1. The van der Waals surface area contributed by atoms with Crippen LogP contribution >= 0.6 is 11.8 Å². The molecular weight excluding hydrogens is 210 g/mol. The van der Waals surface area contributed by atoms with Crippen LogP contribution in [0.4, 0.5) is 0 Å². The zero-order chi connectivity index (χ0) is 12.1. The molecule has 90 valence electrons. The number of thioether (sulfide) groups is 1. The zero-order valence-electron chi connectivity index (χ0n) is 10.4. The highest BCUT2D eigenvalue weighted by molar-refractivity contribution is 8.00. The third kappa shape index (κ3) is 6.05. The van der Waals surface area contributed by atoms with Gasteiger partial charge in [0.1, 0.15) is 5.54 Å². The van der Waals surface area contributed by atoms with Crippen molar-refractivity contribution in [1.82, 2.24) is 5.32 Å². The van der Waals surface area contributed by atoms with Gasteiger partial charge in [-0.15, -0.1) is 0 Å². The van der Waals surface area contributed by atoms with E-state index in [1.54, 1.807) is 18.7 Å². The van der Waals surface area contributed by atoms with Gasteiger partial charge in [-0.25, -0.2) is 0 Å². The van der Waals surface area contributed by atoms with Crippen LogP contribution in [0, 0.1) is 0 Å². The largest absolute Gasteiger partial charge is 0.480 e. The second kappa shape index (κ2) is 5.75. The Kier molecular flexibility index (Phi) is 5.67. The van der Waals surface area contributed by atoms with E-state index < -0.39 is 11.5 Å². The first-order valence-electron chi connectivity index (χ1n) is 5.33. The molecular formula is C11H23NO2S. The van der Waals surface area contributed by atoms with Gasteiger partial charge in [0, 0.05) is 4.75 Å². The summed E-state index contributed by atoms with van der Waals surface area (Å²) < 4.78 is 0.200. The SMILES string of the molecule is CCNC(C)(CCSC(C)(C)C)C(=O)O. The van der Waals surface area contributed by atoms with Crippen molar-refractivity contribution in [2.24, 2.45) is 0 Å². The quantitative estimate of drug-likeness (QED) is 0.739. The maximum Gasteiger partial charge on any atom is 0.323 e. The second-order valence-corrected chi connectivity index (χ2v) is 6.80. The lowest BCUT2D eigenvalue weighted by atomic mass is 9.99. The average molecular weight is 233 g/mol. The second-order valence-electron chi connectivity index (χ2n) is 4.88. The van der Waals surface area contributed by atoms with Crippen molar-refractivity contribution < 1.29 is 9.90 Å². The van der Waals surface area contributed by atoms with Crippen LogP contribution in [0.15, 0.2) is 0 Å². The Hall–Kier alpha value is -0.220. The number of carbonyl (C=O) groups is 1. The molecule has 15 heavy (non-hydrogen) atoms. The molecule has 0 bridgehead atoms. The number of aliphatic carboxylic acids is 1. The molecule has 2 N–H and O–H groups in total. The Balaban J connectivity index is 4.14. The van der Waals surface area contributed by atoms with Gasteiger partial charge < -0.3 is 10.4 Å². The molecule has 0 aromatic rings. The van der Waals surface area contributed by atoms with Gasteiger partial charge >= 0.3 is 5.97 Å². The predicted molar refractivity (Wildman–Crippen MR) is 66.5 cm³/mol. The Bertz CT molecular complexity index is 213. The topological polar surface area (TPSA) is 49.3 Å². The van der Waals surface area contributed by atoms with Gasteiger partial charge in [-0.2, -0.15) is 11.8 Å². The van der Waals surface area contributed by atoms with Crippen LogP contribution < -0.4 is 5.32 Å². The van der Waals surface area contributed by atoms with Crippen molar-refractivity contribution in [3.05, 3.63) is 0 Å². The summed E-state index contributed by atoms with van der Waals surface area (Å²) in [7, 11) is 0. The van der Waals surface area contributed by atoms with E-state index in [2.05, 4.69) is 26.1 Å². The molecule has 0 aromatic carbocycles. The number of rotatable bonds is 6. The molecule has 4 heteroatoms. The molecule has 0 spiro atoms. The van der Waals surface area contributed by atoms with Crippen LogP contribution in [-0.4, -0.2) is 33.7 Å². The van der Waals surface area contributed by atoms with E-state index >= 15 is 0 Å². The van der Waals surface area contributed by atoms with E-state index in [0.717, 1.165) is 5.75 Å². The molecule has 0 amide bonds. The summed E-state index contributed by atoms with van der Waals surface area (Å²) in [4.78, 5) is 11.1. The highest BCUT2D eigenvalue weighted by atomic mass is 32.2. The molecule has 0 saturated carbocycles. The van der Waals surface area contributed by atoms with Crippen molar-refractivity contribution >= 4 is 17.7 Å². The lowest BCUT2D eigenvalue weighted by molar-refractivity contribution is -0.144. The van der Waals surface area contributed by atoms with Crippen molar-refractivity contribution in [1.29, 1.82) is 0 Å². The van der Waals surface area contributed by atoms with Crippen LogP contribution in [0.3, 0.4) is 0 Å². The summed E-state index contributed by atoms with van der Waals surface area (Å²) in [6, 6.07) is 0. The van der Waals surface area contributed by atoms with Crippen LogP contribution in [0.1, 0.15) is 41.0 Å². The number of hydrogen-bond donors (Lipinski definition) is 2. The summed E-state index contributed by atoms with van der Waals surface area (Å²) in [6.45, 7) is 10.8. The van der Waals surface area contributed by atoms with Crippen molar-refractivity contribution in [2.75, 3.05) is 12.3 Å². The Morgan fingerprint density at radius 3 is 2.20 bits per heavy atom. The van der Waals surface area contributed by atoms with Gasteiger partial charge in [0.15, 0.2) is 0 Å². The molecule has 3 nitrogen and oxygen atoms in total. The first kappa shape index (κ1) is 14.8. The number of nitrogens with one attached hydrogen (secondary N) is 1. The Morgan fingerprint density at radius 2 is 1.87 bits per heavy atom. The van der Waals surface area contributed by atoms with Gasteiger partial charge in [-0.3, -0.25) is 4.79 Å². The molecule has 0 fully saturated rings. The van der Waals surface area contributed by atoms with E-state index in [1.807, 2.05) is 6.92 Å².